The highest BCUT2D eigenvalue weighted by atomic mass is 32.1. The van der Waals surface area contributed by atoms with Gasteiger partial charge in [-0.3, -0.25) is 9.48 Å². The summed E-state index contributed by atoms with van der Waals surface area (Å²) in [5.74, 6) is 0.355. The van der Waals surface area contributed by atoms with E-state index >= 15 is 0 Å². The Labute approximate surface area is 133 Å². The molecule has 2 aromatic rings. The van der Waals surface area contributed by atoms with Gasteiger partial charge in [-0.1, -0.05) is 0 Å². The molecule has 0 spiro atoms. The second-order valence-corrected chi connectivity index (χ2v) is 7.01. The molecule has 0 N–H and O–H groups in total. The standard InChI is InChI=1S/C16H19N3O2S/c1-18-9-13(15(17-18)12-3-6-21-10-12)16(20)19-5-2-14-11(8-19)4-7-22-14/h4,7,9,12H,2-3,5-6,8,10H2,1H3/t12-/m0/s1. The van der Waals surface area contributed by atoms with Crippen molar-refractivity contribution in [2.24, 2.45) is 7.05 Å². The maximum absolute atomic E-state index is 13.0. The first kappa shape index (κ1) is 14.0. The molecule has 4 rings (SSSR count). The zero-order valence-corrected chi connectivity index (χ0v) is 13.4. The fourth-order valence-corrected chi connectivity index (χ4v) is 4.20. The number of aromatic nitrogens is 2. The molecule has 0 aliphatic carbocycles. The molecule has 0 unspecified atom stereocenters. The van der Waals surface area contributed by atoms with Gasteiger partial charge in [0.25, 0.3) is 5.91 Å². The predicted molar refractivity (Wildman–Crippen MR) is 84.1 cm³/mol. The number of fused-ring (bicyclic) bond motifs is 1. The average molecular weight is 317 g/mol. The molecule has 1 atom stereocenters. The van der Waals surface area contributed by atoms with Crippen LogP contribution in [0.4, 0.5) is 0 Å². The third-order valence-electron chi connectivity index (χ3n) is 4.50. The van der Waals surface area contributed by atoms with Crippen molar-refractivity contribution >= 4 is 17.2 Å². The van der Waals surface area contributed by atoms with E-state index in [0.717, 1.165) is 37.3 Å². The lowest BCUT2D eigenvalue weighted by Crippen LogP contribution is -2.35. The summed E-state index contributed by atoms with van der Waals surface area (Å²) in [4.78, 5) is 16.3. The number of ether oxygens (including phenoxy) is 1. The Hall–Kier alpha value is -1.66. The SMILES string of the molecule is Cn1cc(C(=O)N2CCc3sccc3C2)c([C@H]2CCOC2)n1. The average Bonchev–Trinajstić information content (AvgIpc) is 3.25. The molecule has 1 saturated heterocycles. The largest absolute Gasteiger partial charge is 0.381 e. The molecule has 1 fully saturated rings. The lowest BCUT2D eigenvalue weighted by Gasteiger charge is -2.27. The van der Waals surface area contributed by atoms with Gasteiger partial charge in [0.05, 0.1) is 17.9 Å². The molecule has 22 heavy (non-hydrogen) atoms. The molecule has 0 aromatic carbocycles. The number of carbonyl (C=O) groups excluding carboxylic acids is 1. The Balaban J connectivity index is 1.60. The topological polar surface area (TPSA) is 47.4 Å². The van der Waals surface area contributed by atoms with Gasteiger partial charge < -0.3 is 9.64 Å². The highest BCUT2D eigenvalue weighted by molar-refractivity contribution is 7.10. The molecule has 5 nitrogen and oxygen atoms in total. The van der Waals surface area contributed by atoms with Gasteiger partial charge in [-0.05, 0) is 29.9 Å². The number of hydrogen-bond acceptors (Lipinski definition) is 4. The Kier molecular flexibility index (Phi) is 3.50. The van der Waals surface area contributed by atoms with Gasteiger partial charge in [0.1, 0.15) is 0 Å². The van der Waals surface area contributed by atoms with Crippen LogP contribution in [0.25, 0.3) is 0 Å². The highest BCUT2D eigenvalue weighted by Gasteiger charge is 2.30. The zero-order chi connectivity index (χ0) is 15.1. The molecule has 1 amide bonds. The van der Waals surface area contributed by atoms with E-state index in [1.807, 2.05) is 18.1 Å². The maximum Gasteiger partial charge on any atom is 0.257 e. The van der Waals surface area contributed by atoms with E-state index in [4.69, 9.17) is 4.74 Å². The van der Waals surface area contributed by atoms with Crippen molar-refractivity contribution in [3.05, 3.63) is 39.3 Å². The van der Waals surface area contributed by atoms with E-state index in [1.54, 1.807) is 16.0 Å². The second-order valence-electron chi connectivity index (χ2n) is 6.01. The van der Waals surface area contributed by atoms with Gasteiger partial charge in [0, 0.05) is 43.7 Å². The molecule has 2 aliphatic heterocycles. The molecule has 0 saturated carbocycles. The predicted octanol–water partition coefficient (Wildman–Crippen LogP) is 2.18. The number of nitrogens with zero attached hydrogens (tertiary/aromatic N) is 3. The van der Waals surface area contributed by atoms with Crippen molar-refractivity contribution in [3.8, 4) is 0 Å². The van der Waals surface area contributed by atoms with Gasteiger partial charge >= 0.3 is 0 Å². The molecule has 0 radical (unpaired) electrons. The molecule has 0 bridgehead atoms. The fraction of sp³-hybridized carbons (Fsp3) is 0.500. The van der Waals surface area contributed by atoms with Crippen LogP contribution in [0.2, 0.25) is 0 Å². The third-order valence-corrected chi connectivity index (χ3v) is 5.52. The Morgan fingerprint density at radius 2 is 2.41 bits per heavy atom. The van der Waals surface area contributed by atoms with Crippen LogP contribution < -0.4 is 0 Å². The van der Waals surface area contributed by atoms with Crippen LogP contribution in [0.1, 0.15) is 38.8 Å². The van der Waals surface area contributed by atoms with Crippen LogP contribution in [0.15, 0.2) is 17.6 Å². The number of thiophene rings is 1. The number of amides is 1. The minimum atomic E-state index is 0.104. The van der Waals surface area contributed by atoms with E-state index in [1.165, 1.54) is 10.4 Å². The van der Waals surface area contributed by atoms with Crippen LogP contribution in [-0.2, 0) is 24.8 Å². The first-order valence-electron chi connectivity index (χ1n) is 7.68. The Morgan fingerprint density at radius 3 is 3.23 bits per heavy atom. The van der Waals surface area contributed by atoms with Gasteiger partial charge in [0.15, 0.2) is 0 Å². The summed E-state index contributed by atoms with van der Waals surface area (Å²) in [6.45, 7) is 2.94. The van der Waals surface area contributed by atoms with Crippen molar-refractivity contribution in [2.75, 3.05) is 19.8 Å². The maximum atomic E-state index is 13.0. The molecule has 116 valence electrons. The number of hydrogen-bond donors (Lipinski definition) is 0. The second kappa shape index (κ2) is 5.52. The van der Waals surface area contributed by atoms with Crippen molar-refractivity contribution in [3.63, 3.8) is 0 Å². The zero-order valence-electron chi connectivity index (χ0n) is 12.6. The summed E-state index contributed by atoms with van der Waals surface area (Å²) in [6, 6.07) is 2.13. The summed E-state index contributed by atoms with van der Waals surface area (Å²) in [7, 11) is 1.88. The fourth-order valence-electron chi connectivity index (χ4n) is 3.31. The summed E-state index contributed by atoms with van der Waals surface area (Å²) in [5.41, 5.74) is 2.94. The Bertz CT molecular complexity index is 700. The summed E-state index contributed by atoms with van der Waals surface area (Å²) in [6.07, 6.45) is 3.77. The molecule has 2 aromatic heterocycles. The minimum absolute atomic E-state index is 0.104. The molecule has 2 aliphatic rings. The van der Waals surface area contributed by atoms with Gasteiger partial charge in [-0.15, -0.1) is 11.3 Å². The summed E-state index contributed by atoms with van der Waals surface area (Å²) >= 11 is 1.79. The van der Waals surface area contributed by atoms with E-state index in [-0.39, 0.29) is 11.8 Å². The number of carbonyl (C=O) groups is 1. The van der Waals surface area contributed by atoms with Gasteiger partial charge in [0.2, 0.25) is 0 Å². The summed E-state index contributed by atoms with van der Waals surface area (Å²) < 4.78 is 7.22. The monoisotopic (exact) mass is 317 g/mol. The van der Waals surface area contributed by atoms with Crippen LogP contribution in [0, 0.1) is 0 Å². The summed E-state index contributed by atoms with van der Waals surface area (Å²) in [5, 5.41) is 6.65. The van der Waals surface area contributed by atoms with E-state index in [2.05, 4.69) is 16.5 Å². The van der Waals surface area contributed by atoms with Crippen molar-refractivity contribution < 1.29 is 9.53 Å². The van der Waals surface area contributed by atoms with Crippen LogP contribution in [0.3, 0.4) is 0 Å². The van der Waals surface area contributed by atoms with E-state index in [9.17, 15) is 4.79 Å². The molecule has 6 heteroatoms. The first-order valence-corrected chi connectivity index (χ1v) is 8.56. The van der Waals surface area contributed by atoms with Crippen molar-refractivity contribution in [2.45, 2.75) is 25.3 Å². The van der Waals surface area contributed by atoms with E-state index in [0.29, 0.717) is 13.2 Å². The van der Waals surface area contributed by atoms with Gasteiger partial charge in [-0.2, -0.15) is 5.10 Å². The Morgan fingerprint density at radius 1 is 1.50 bits per heavy atom. The smallest absolute Gasteiger partial charge is 0.257 e. The van der Waals surface area contributed by atoms with Gasteiger partial charge in [-0.25, -0.2) is 0 Å². The highest BCUT2D eigenvalue weighted by Crippen LogP contribution is 2.29. The minimum Gasteiger partial charge on any atom is -0.381 e. The molecular formula is C16H19N3O2S. The quantitative estimate of drug-likeness (QED) is 0.853. The first-order chi connectivity index (χ1) is 10.7. The lowest BCUT2D eigenvalue weighted by atomic mass is 10.00. The van der Waals surface area contributed by atoms with Crippen LogP contribution in [0.5, 0.6) is 0 Å². The van der Waals surface area contributed by atoms with Crippen molar-refractivity contribution in [1.29, 1.82) is 0 Å². The number of aryl methyl sites for hydroxylation is 1. The molecular weight excluding hydrogens is 298 g/mol. The van der Waals surface area contributed by atoms with Crippen molar-refractivity contribution in [1.82, 2.24) is 14.7 Å². The van der Waals surface area contributed by atoms with Crippen LogP contribution >= 0.6 is 11.3 Å². The van der Waals surface area contributed by atoms with Crippen LogP contribution in [-0.4, -0.2) is 40.3 Å². The van der Waals surface area contributed by atoms with E-state index < -0.39 is 0 Å². The number of rotatable bonds is 2. The lowest BCUT2D eigenvalue weighted by molar-refractivity contribution is 0.0734. The molecule has 4 heterocycles. The normalized spacial score (nSPS) is 21.1. The third kappa shape index (κ3) is 2.36.